The fraction of sp³-hybridized carbons (Fsp3) is 0.588. The molecule has 0 radical (unpaired) electrons. The molecule has 0 atom stereocenters. The molecule has 1 fully saturated rings. The van der Waals surface area contributed by atoms with Gasteiger partial charge in [0.2, 0.25) is 0 Å². The van der Waals surface area contributed by atoms with Crippen molar-refractivity contribution in [2.24, 2.45) is 5.73 Å². The zero-order chi connectivity index (χ0) is 14.2. The van der Waals surface area contributed by atoms with E-state index in [0.29, 0.717) is 12.6 Å². The summed E-state index contributed by atoms with van der Waals surface area (Å²) in [4.78, 5) is 14.8. The molecular weight excluding hydrogens is 248 g/mol. The molecule has 1 saturated carbocycles. The standard InChI is InChI=1S/C17H26N2O/c18-13-8-14-19(16-11-6-1-2-7-12-16)17(20)15-9-4-3-5-10-15/h3-5,9-10,16H,1-2,6-8,11-14,18H2. The molecule has 0 saturated heterocycles. The molecule has 2 N–H and O–H groups in total. The molecule has 1 amide bonds. The van der Waals surface area contributed by atoms with Gasteiger partial charge in [-0.3, -0.25) is 4.79 Å². The van der Waals surface area contributed by atoms with E-state index in [1.807, 2.05) is 30.3 Å². The fourth-order valence-corrected chi connectivity index (χ4v) is 3.03. The molecule has 3 nitrogen and oxygen atoms in total. The second kappa shape index (κ2) is 8.05. The molecule has 0 aliphatic heterocycles. The molecule has 0 heterocycles. The summed E-state index contributed by atoms with van der Waals surface area (Å²) < 4.78 is 0. The van der Waals surface area contributed by atoms with Crippen LogP contribution in [0.2, 0.25) is 0 Å². The van der Waals surface area contributed by atoms with Crippen LogP contribution in [0, 0.1) is 0 Å². The van der Waals surface area contributed by atoms with Gasteiger partial charge in [0.05, 0.1) is 0 Å². The van der Waals surface area contributed by atoms with Crippen LogP contribution < -0.4 is 5.73 Å². The Bertz CT molecular complexity index is 397. The van der Waals surface area contributed by atoms with Crippen molar-refractivity contribution < 1.29 is 4.79 Å². The van der Waals surface area contributed by atoms with Crippen LogP contribution in [-0.4, -0.2) is 29.9 Å². The lowest BCUT2D eigenvalue weighted by atomic mass is 10.0. The second-order valence-electron chi connectivity index (χ2n) is 5.65. The number of nitrogens with zero attached hydrogens (tertiary/aromatic N) is 1. The van der Waals surface area contributed by atoms with E-state index in [2.05, 4.69) is 4.90 Å². The molecular formula is C17H26N2O. The number of hydrogen-bond donors (Lipinski definition) is 1. The van der Waals surface area contributed by atoms with Crippen LogP contribution >= 0.6 is 0 Å². The number of rotatable bonds is 5. The molecule has 1 aromatic carbocycles. The largest absolute Gasteiger partial charge is 0.336 e. The van der Waals surface area contributed by atoms with E-state index in [1.54, 1.807) is 0 Å². The van der Waals surface area contributed by atoms with Crippen LogP contribution in [0.15, 0.2) is 30.3 Å². The highest BCUT2D eigenvalue weighted by molar-refractivity contribution is 5.94. The highest BCUT2D eigenvalue weighted by Crippen LogP contribution is 2.23. The van der Waals surface area contributed by atoms with Gasteiger partial charge < -0.3 is 10.6 Å². The van der Waals surface area contributed by atoms with Gasteiger partial charge in [-0.25, -0.2) is 0 Å². The van der Waals surface area contributed by atoms with Crippen molar-refractivity contribution in [2.75, 3.05) is 13.1 Å². The molecule has 20 heavy (non-hydrogen) atoms. The minimum atomic E-state index is 0.172. The Morgan fingerprint density at radius 3 is 2.35 bits per heavy atom. The van der Waals surface area contributed by atoms with Gasteiger partial charge in [0.1, 0.15) is 0 Å². The number of amides is 1. The van der Waals surface area contributed by atoms with Crippen molar-refractivity contribution in [3.63, 3.8) is 0 Å². The monoisotopic (exact) mass is 274 g/mol. The van der Waals surface area contributed by atoms with Gasteiger partial charge in [0, 0.05) is 18.2 Å². The maximum absolute atomic E-state index is 12.7. The fourth-order valence-electron chi connectivity index (χ4n) is 3.03. The molecule has 1 aliphatic carbocycles. The molecule has 0 spiro atoms. The zero-order valence-electron chi connectivity index (χ0n) is 12.3. The minimum Gasteiger partial charge on any atom is -0.336 e. The lowest BCUT2D eigenvalue weighted by Gasteiger charge is -2.31. The lowest BCUT2D eigenvalue weighted by Crippen LogP contribution is -2.41. The molecule has 3 heteroatoms. The average Bonchev–Trinajstić information content (AvgIpc) is 2.77. The van der Waals surface area contributed by atoms with Crippen LogP contribution in [0.25, 0.3) is 0 Å². The lowest BCUT2D eigenvalue weighted by molar-refractivity contribution is 0.0659. The third kappa shape index (κ3) is 4.07. The maximum Gasteiger partial charge on any atom is 0.254 e. The predicted molar refractivity (Wildman–Crippen MR) is 82.6 cm³/mol. The van der Waals surface area contributed by atoms with Crippen molar-refractivity contribution in [3.8, 4) is 0 Å². The van der Waals surface area contributed by atoms with E-state index in [1.165, 1.54) is 25.7 Å². The summed E-state index contributed by atoms with van der Waals surface area (Å²) in [6.45, 7) is 1.43. The first-order valence-corrected chi connectivity index (χ1v) is 7.89. The molecule has 0 aromatic heterocycles. The topological polar surface area (TPSA) is 46.3 Å². The Hall–Kier alpha value is -1.35. The highest BCUT2D eigenvalue weighted by Gasteiger charge is 2.24. The molecule has 1 aliphatic rings. The number of nitrogens with two attached hydrogens (primary N) is 1. The molecule has 110 valence electrons. The Labute approximate surface area is 122 Å². The first-order chi connectivity index (χ1) is 9.83. The summed E-state index contributed by atoms with van der Waals surface area (Å²) in [7, 11) is 0. The third-order valence-electron chi connectivity index (χ3n) is 4.15. The summed E-state index contributed by atoms with van der Waals surface area (Å²) in [6.07, 6.45) is 8.26. The van der Waals surface area contributed by atoms with Gasteiger partial charge in [-0.15, -0.1) is 0 Å². The van der Waals surface area contributed by atoms with Gasteiger partial charge in [0.25, 0.3) is 5.91 Å². The van der Waals surface area contributed by atoms with Crippen molar-refractivity contribution in [1.82, 2.24) is 4.90 Å². The molecule has 0 unspecified atom stereocenters. The smallest absolute Gasteiger partial charge is 0.254 e. The van der Waals surface area contributed by atoms with Gasteiger partial charge >= 0.3 is 0 Å². The van der Waals surface area contributed by atoms with Gasteiger partial charge in [0.15, 0.2) is 0 Å². The van der Waals surface area contributed by atoms with Gasteiger partial charge in [-0.2, -0.15) is 0 Å². The predicted octanol–water partition coefficient (Wildman–Crippen LogP) is 3.20. The Morgan fingerprint density at radius 1 is 1.10 bits per heavy atom. The molecule has 0 bridgehead atoms. The van der Waals surface area contributed by atoms with E-state index >= 15 is 0 Å². The summed E-state index contributed by atoms with van der Waals surface area (Å²) in [5.41, 5.74) is 6.44. The number of benzene rings is 1. The first kappa shape index (κ1) is 15.0. The summed E-state index contributed by atoms with van der Waals surface area (Å²) in [6, 6.07) is 10.0. The maximum atomic E-state index is 12.7. The summed E-state index contributed by atoms with van der Waals surface area (Å²) >= 11 is 0. The van der Waals surface area contributed by atoms with Crippen molar-refractivity contribution in [2.45, 2.75) is 51.0 Å². The van der Waals surface area contributed by atoms with Crippen molar-refractivity contribution in [3.05, 3.63) is 35.9 Å². The Morgan fingerprint density at radius 2 is 1.75 bits per heavy atom. The van der Waals surface area contributed by atoms with E-state index < -0.39 is 0 Å². The number of carbonyl (C=O) groups is 1. The first-order valence-electron chi connectivity index (χ1n) is 7.89. The van der Waals surface area contributed by atoms with Crippen LogP contribution in [0.5, 0.6) is 0 Å². The Kier molecular flexibility index (Phi) is 6.06. The van der Waals surface area contributed by atoms with E-state index in [4.69, 9.17) is 5.73 Å². The minimum absolute atomic E-state index is 0.172. The normalized spacial score (nSPS) is 16.6. The van der Waals surface area contributed by atoms with Gasteiger partial charge in [-0.05, 0) is 37.9 Å². The molecule has 1 aromatic rings. The van der Waals surface area contributed by atoms with Crippen LogP contribution in [-0.2, 0) is 0 Å². The van der Waals surface area contributed by atoms with E-state index in [-0.39, 0.29) is 5.91 Å². The zero-order valence-corrected chi connectivity index (χ0v) is 12.3. The molecule has 2 rings (SSSR count). The summed E-state index contributed by atoms with van der Waals surface area (Å²) in [5.74, 6) is 0.172. The second-order valence-corrected chi connectivity index (χ2v) is 5.65. The van der Waals surface area contributed by atoms with E-state index in [9.17, 15) is 4.79 Å². The quantitative estimate of drug-likeness (QED) is 0.838. The number of hydrogen-bond acceptors (Lipinski definition) is 2. The van der Waals surface area contributed by atoms with Gasteiger partial charge in [-0.1, -0.05) is 43.9 Å². The van der Waals surface area contributed by atoms with Crippen LogP contribution in [0.1, 0.15) is 55.3 Å². The van der Waals surface area contributed by atoms with Crippen molar-refractivity contribution in [1.29, 1.82) is 0 Å². The van der Waals surface area contributed by atoms with E-state index in [0.717, 1.165) is 31.4 Å². The Balaban J connectivity index is 2.11. The summed E-state index contributed by atoms with van der Waals surface area (Å²) in [5, 5.41) is 0. The number of carbonyl (C=O) groups excluding carboxylic acids is 1. The highest BCUT2D eigenvalue weighted by atomic mass is 16.2. The third-order valence-corrected chi connectivity index (χ3v) is 4.15. The SMILES string of the molecule is NCCCN(C(=O)c1ccccc1)C1CCCCCC1. The van der Waals surface area contributed by atoms with Crippen LogP contribution in [0.4, 0.5) is 0 Å². The average molecular weight is 274 g/mol. The van der Waals surface area contributed by atoms with Crippen LogP contribution in [0.3, 0.4) is 0 Å². The van der Waals surface area contributed by atoms with Crippen molar-refractivity contribution >= 4 is 5.91 Å².